The molecule has 136 valence electrons. The molecule has 6 nitrogen and oxygen atoms in total. The van der Waals surface area contributed by atoms with Crippen LogP contribution in [0.3, 0.4) is 0 Å². The van der Waals surface area contributed by atoms with Crippen molar-refractivity contribution in [3.63, 3.8) is 0 Å². The van der Waals surface area contributed by atoms with E-state index in [-0.39, 0.29) is 23.5 Å². The Morgan fingerprint density at radius 2 is 2.12 bits per heavy atom. The van der Waals surface area contributed by atoms with Crippen molar-refractivity contribution in [3.8, 4) is 0 Å². The molecule has 0 saturated carbocycles. The van der Waals surface area contributed by atoms with Gasteiger partial charge in [0, 0.05) is 0 Å². The van der Waals surface area contributed by atoms with Crippen molar-refractivity contribution in [2.45, 2.75) is 23.8 Å². The molecule has 3 aromatic rings. The van der Waals surface area contributed by atoms with Crippen LogP contribution >= 0.6 is 23.1 Å². The summed E-state index contributed by atoms with van der Waals surface area (Å²) in [6.45, 7) is 2.39. The van der Waals surface area contributed by atoms with Crippen LogP contribution in [0.4, 0.5) is 9.52 Å². The van der Waals surface area contributed by atoms with E-state index in [1.807, 2.05) is 19.1 Å². The fourth-order valence-electron chi connectivity index (χ4n) is 2.16. The number of amides is 1. The third-order valence-corrected chi connectivity index (χ3v) is 5.49. The molecule has 0 aliphatic carbocycles. The van der Waals surface area contributed by atoms with E-state index < -0.39 is 0 Å². The van der Waals surface area contributed by atoms with Gasteiger partial charge in [-0.1, -0.05) is 35.2 Å². The van der Waals surface area contributed by atoms with Gasteiger partial charge in [0.2, 0.25) is 11.0 Å². The molecule has 1 amide bonds. The Balaban J connectivity index is 1.43. The van der Waals surface area contributed by atoms with Crippen LogP contribution in [0.25, 0.3) is 0 Å². The summed E-state index contributed by atoms with van der Waals surface area (Å²) in [6, 6.07) is 9.59. The Morgan fingerprint density at radius 1 is 1.31 bits per heavy atom. The summed E-state index contributed by atoms with van der Waals surface area (Å²) < 4.78 is 18.9. The molecule has 0 fully saturated rings. The minimum atomic E-state index is -0.296. The van der Waals surface area contributed by atoms with Crippen molar-refractivity contribution >= 4 is 34.1 Å². The van der Waals surface area contributed by atoms with Gasteiger partial charge in [-0.2, -0.15) is 0 Å². The Kier molecular flexibility index (Phi) is 6.24. The number of nitrogens with zero attached hydrogens (tertiary/aromatic N) is 2. The Hall–Kier alpha value is -2.39. The first-order chi connectivity index (χ1) is 12.6. The van der Waals surface area contributed by atoms with Crippen molar-refractivity contribution < 1.29 is 13.6 Å². The van der Waals surface area contributed by atoms with E-state index in [2.05, 4.69) is 20.8 Å². The van der Waals surface area contributed by atoms with Crippen LogP contribution in [0, 0.1) is 5.82 Å². The van der Waals surface area contributed by atoms with Gasteiger partial charge in [-0.25, -0.2) is 4.39 Å². The average molecular weight is 392 g/mol. The molecule has 0 spiro atoms. The zero-order valence-electron chi connectivity index (χ0n) is 13.9. The smallest absolute Gasteiger partial charge is 0.230 e. The second-order valence-corrected chi connectivity index (χ2v) is 7.64. The number of carbonyl (C=O) groups is 1. The normalized spacial score (nSPS) is 11.9. The second kappa shape index (κ2) is 8.81. The first kappa shape index (κ1) is 18.4. The number of anilines is 1. The van der Waals surface area contributed by atoms with E-state index in [1.165, 1.54) is 35.2 Å². The molecular formula is C17H17FN4O2S2. The molecule has 26 heavy (non-hydrogen) atoms. The highest BCUT2D eigenvalue weighted by Gasteiger charge is 2.12. The fourth-order valence-corrected chi connectivity index (χ4v) is 3.72. The lowest BCUT2D eigenvalue weighted by Crippen LogP contribution is -2.28. The van der Waals surface area contributed by atoms with Gasteiger partial charge in [0.25, 0.3) is 0 Å². The number of halogens is 1. The molecule has 0 bridgehead atoms. The SMILES string of the molecule is C[C@H](NC(=O)CSc1nnc(NCc2ccco2)s1)c1ccc(F)cc1. The highest BCUT2D eigenvalue weighted by Crippen LogP contribution is 2.26. The number of rotatable bonds is 8. The number of benzene rings is 1. The van der Waals surface area contributed by atoms with Crippen LogP contribution in [0.15, 0.2) is 51.4 Å². The lowest BCUT2D eigenvalue weighted by Gasteiger charge is -2.13. The molecule has 0 unspecified atom stereocenters. The minimum absolute atomic E-state index is 0.118. The summed E-state index contributed by atoms with van der Waals surface area (Å²) >= 11 is 2.70. The maximum atomic E-state index is 12.9. The molecule has 3 rings (SSSR count). The Bertz CT molecular complexity index is 837. The van der Waals surface area contributed by atoms with E-state index in [1.54, 1.807) is 18.4 Å². The molecule has 0 radical (unpaired) electrons. The molecule has 9 heteroatoms. The van der Waals surface area contributed by atoms with E-state index in [9.17, 15) is 9.18 Å². The second-order valence-electron chi connectivity index (χ2n) is 5.44. The van der Waals surface area contributed by atoms with Gasteiger partial charge in [-0.3, -0.25) is 4.79 Å². The molecule has 2 heterocycles. The predicted molar refractivity (Wildman–Crippen MR) is 99.6 cm³/mol. The van der Waals surface area contributed by atoms with Crippen LogP contribution in [0.2, 0.25) is 0 Å². The topological polar surface area (TPSA) is 80.0 Å². The number of thioether (sulfide) groups is 1. The highest BCUT2D eigenvalue weighted by molar-refractivity contribution is 8.01. The molecule has 2 aromatic heterocycles. The van der Waals surface area contributed by atoms with Crippen LogP contribution < -0.4 is 10.6 Å². The van der Waals surface area contributed by atoms with Crippen LogP contribution in [0.1, 0.15) is 24.3 Å². The summed E-state index contributed by atoms with van der Waals surface area (Å²) in [7, 11) is 0. The molecular weight excluding hydrogens is 375 g/mol. The number of carbonyl (C=O) groups excluding carboxylic acids is 1. The standard InChI is InChI=1S/C17H17FN4O2S2/c1-11(12-4-6-13(18)7-5-12)20-15(23)10-25-17-22-21-16(26-17)19-9-14-3-2-8-24-14/h2-8,11H,9-10H2,1H3,(H,19,21)(H,20,23)/t11-/m0/s1. The monoisotopic (exact) mass is 392 g/mol. The number of hydrogen-bond donors (Lipinski definition) is 2. The van der Waals surface area contributed by atoms with Crippen molar-refractivity contribution in [1.82, 2.24) is 15.5 Å². The van der Waals surface area contributed by atoms with Crippen LogP contribution in [-0.4, -0.2) is 21.9 Å². The lowest BCUT2D eigenvalue weighted by molar-refractivity contribution is -0.119. The van der Waals surface area contributed by atoms with Gasteiger partial charge in [0.1, 0.15) is 11.6 Å². The fraction of sp³-hybridized carbons (Fsp3) is 0.235. The van der Waals surface area contributed by atoms with Gasteiger partial charge >= 0.3 is 0 Å². The summed E-state index contributed by atoms with van der Waals surface area (Å²) in [5, 5.41) is 14.8. The quantitative estimate of drug-likeness (QED) is 0.567. The number of nitrogens with one attached hydrogen (secondary N) is 2. The third kappa shape index (κ3) is 5.30. The first-order valence-electron chi connectivity index (χ1n) is 7.87. The van der Waals surface area contributed by atoms with Gasteiger partial charge in [0.15, 0.2) is 4.34 Å². The van der Waals surface area contributed by atoms with Gasteiger partial charge in [-0.15, -0.1) is 10.2 Å². The van der Waals surface area contributed by atoms with Gasteiger partial charge in [0.05, 0.1) is 24.6 Å². The van der Waals surface area contributed by atoms with Crippen molar-refractivity contribution in [2.24, 2.45) is 0 Å². The largest absolute Gasteiger partial charge is 0.467 e. The molecule has 1 aromatic carbocycles. The molecule has 0 aliphatic rings. The molecule has 1 atom stereocenters. The summed E-state index contributed by atoms with van der Waals surface area (Å²) in [4.78, 5) is 12.1. The maximum Gasteiger partial charge on any atom is 0.230 e. The van der Waals surface area contributed by atoms with Crippen molar-refractivity contribution in [3.05, 3.63) is 59.8 Å². The van der Waals surface area contributed by atoms with Crippen LogP contribution in [0.5, 0.6) is 0 Å². The summed E-state index contributed by atoms with van der Waals surface area (Å²) in [5.41, 5.74) is 0.852. The molecule has 0 saturated heterocycles. The third-order valence-electron chi connectivity index (χ3n) is 3.47. The number of hydrogen-bond acceptors (Lipinski definition) is 7. The van der Waals surface area contributed by atoms with Gasteiger partial charge < -0.3 is 15.1 Å². The summed E-state index contributed by atoms with van der Waals surface area (Å²) in [6.07, 6.45) is 1.62. The minimum Gasteiger partial charge on any atom is -0.467 e. The Labute approximate surface area is 158 Å². The van der Waals surface area contributed by atoms with E-state index >= 15 is 0 Å². The predicted octanol–water partition coefficient (Wildman–Crippen LogP) is 3.85. The van der Waals surface area contributed by atoms with E-state index in [4.69, 9.17) is 4.42 Å². The average Bonchev–Trinajstić information content (AvgIpc) is 3.30. The molecule has 2 N–H and O–H groups in total. The molecule has 0 aliphatic heterocycles. The summed E-state index contributed by atoms with van der Waals surface area (Å²) in [5.74, 6) is 0.629. The zero-order valence-corrected chi connectivity index (χ0v) is 15.6. The first-order valence-corrected chi connectivity index (χ1v) is 9.68. The lowest BCUT2D eigenvalue weighted by atomic mass is 10.1. The zero-order chi connectivity index (χ0) is 18.4. The van der Waals surface area contributed by atoms with Crippen molar-refractivity contribution in [1.29, 1.82) is 0 Å². The van der Waals surface area contributed by atoms with Crippen LogP contribution in [-0.2, 0) is 11.3 Å². The van der Waals surface area contributed by atoms with Gasteiger partial charge in [-0.05, 0) is 36.8 Å². The Morgan fingerprint density at radius 3 is 2.85 bits per heavy atom. The maximum absolute atomic E-state index is 12.9. The van der Waals surface area contributed by atoms with Crippen molar-refractivity contribution in [2.75, 3.05) is 11.1 Å². The number of furan rings is 1. The van der Waals surface area contributed by atoms with E-state index in [0.717, 1.165) is 11.3 Å². The highest BCUT2D eigenvalue weighted by atomic mass is 32.2. The van der Waals surface area contributed by atoms with E-state index in [0.29, 0.717) is 16.0 Å². The number of aromatic nitrogens is 2.